The van der Waals surface area contributed by atoms with Crippen LogP contribution in [0, 0.1) is 0 Å². The summed E-state index contributed by atoms with van der Waals surface area (Å²) in [6.45, 7) is 4.58. The molecule has 0 radical (unpaired) electrons. The van der Waals surface area contributed by atoms with E-state index in [4.69, 9.17) is 37.0 Å². The molecule has 0 aromatic heterocycles. The van der Waals surface area contributed by atoms with Gasteiger partial charge in [-0.05, 0) is 128 Å². The van der Waals surface area contributed by atoms with Crippen LogP contribution in [0.15, 0.2) is 97.2 Å². The molecule has 3 N–H and O–H groups in total. The molecule has 0 rings (SSSR count). The Morgan fingerprint density at radius 3 is 0.936 bits per heavy atom. The van der Waals surface area contributed by atoms with Gasteiger partial charge in [0.2, 0.25) is 0 Å². The number of aliphatic hydroxyl groups is 1. The minimum absolute atomic E-state index is 0.0715. The Morgan fingerprint density at radius 1 is 0.309 bits per heavy atom. The number of carbonyl (C=O) groups is 4. The quantitative estimate of drug-likeness (QED) is 0.0169. The molecular weight excluding hydrogens is 1230 g/mol. The third-order valence-electron chi connectivity index (χ3n) is 15.0. The van der Waals surface area contributed by atoms with Crippen molar-refractivity contribution >= 4 is 39.5 Å². The van der Waals surface area contributed by atoms with Crippen molar-refractivity contribution in [3.8, 4) is 0 Å². The first-order chi connectivity index (χ1) is 45.7. The van der Waals surface area contributed by atoms with Crippen molar-refractivity contribution in [2.75, 3.05) is 39.6 Å². The van der Waals surface area contributed by atoms with Gasteiger partial charge in [0.05, 0.1) is 26.4 Å². The van der Waals surface area contributed by atoms with Crippen molar-refractivity contribution in [3.63, 3.8) is 0 Å². The van der Waals surface area contributed by atoms with E-state index in [1.807, 2.05) is 12.2 Å². The maximum atomic E-state index is 13.0. The van der Waals surface area contributed by atoms with Crippen LogP contribution in [-0.4, -0.2) is 96.7 Å². The SMILES string of the molecule is CC/C=C\C/C=C\C/C=C\C/C=C\C/C=C\CCCC(=O)OCC(COP(=O)(O)OCC(O)COP(=O)(O)OCC(COC(=O)CCCCCCC/C=C\CCCCCCCC)OC(=O)CCCCCCC/C=C\CCCC)OC(=O)CCCCCCC/C=C\CCCC. The molecule has 542 valence electrons. The summed E-state index contributed by atoms with van der Waals surface area (Å²) in [4.78, 5) is 72.6. The van der Waals surface area contributed by atoms with Gasteiger partial charge in [-0.3, -0.25) is 37.3 Å². The van der Waals surface area contributed by atoms with Gasteiger partial charge in [0.15, 0.2) is 12.2 Å². The predicted molar refractivity (Wildman–Crippen MR) is 381 cm³/mol. The number of rotatable bonds is 68. The van der Waals surface area contributed by atoms with Gasteiger partial charge < -0.3 is 33.8 Å². The van der Waals surface area contributed by atoms with Gasteiger partial charge in [0, 0.05) is 25.7 Å². The summed E-state index contributed by atoms with van der Waals surface area (Å²) >= 11 is 0. The number of hydrogen-bond acceptors (Lipinski definition) is 15. The zero-order valence-corrected chi connectivity index (χ0v) is 60.7. The summed E-state index contributed by atoms with van der Waals surface area (Å²) in [5, 5.41) is 10.6. The zero-order chi connectivity index (χ0) is 69.0. The molecule has 0 aromatic carbocycles. The van der Waals surface area contributed by atoms with Gasteiger partial charge in [-0.15, -0.1) is 0 Å². The number of unbranched alkanes of at least 4 members (excludes halogenated alkanes) is 26. The molecule has 94 heavy (non-hydrogen) atoms. The number of allylic oxidation sites excluding steroid dienone is 16. The second kappa shape index (κ2) is 67.5. The average molecular weight is 1370 g/mol. The summed E-state index contributed by atoms with van der Waals surface area (Å²) in [7, 11) is -9.95. The van der Waals surface area contributed by atoms with E-state index in [0.717, 1.165) is 148 Å². The Hall–Kier alpha value is -4.02. The highest BCUT2D eigenvalue weighted by Crippen LogP contribution is 2.45. The van der Waals surface area contributed by atoms with E-state index in [9.17, 15) is 43.2 Å². The van der Waals surface area contributed by atoms with E-state index in [2.05, 4.69) is 113 Å². The number of aliphatic hydroxyl groups excluding tert-OH is 1. The van der Waals surface area contributed by atoms with Crippen molar-refractivity contribution < 1.29 is 80.2 Å². The number of carbonyl (C=O) groups excluding carboxylic acids is 4. The third-order valence-corrected chi connectivity index (χ3v) is 16.9. The molecule has 0 saturated heterocycles. The molecule has 0 fully saturated rings. The van der Waals surface area contributed by atoms with E-state index < -0.39 is 97.5 Å². The molecule has 0 aromatic rings. The highest BCUT2D eigenvalue weighted by Gasteiger charge is 2.30. The first kappa shape index (κ1) is 90.0. The largest absolute Gasteiger partial charge is 0.472 e. The van der Waals surface area contributed by atoms with Crippen LogP contribution in [0.3, 0.4) is 0 Å². The summed E-state index contributed by atoms with van der Waals surface area (Å²) in [5.41, 5.74) is 0. The van der Waals surface area contributed by atoms with Gasteiger partial charge in [-0.25, -0.2) is 9.13 Å². The molecule has 5 unspecified atom stereocenters. The average Bonchev–Trinajstić information content (AvgIpc) is 1.32. The Morgan fingerprint density at radius 2 is 0.574 bits per heavy atom. The van der Waals surface area contributed by atoms with Crippen LogP contribution in [0.5, 0.6) is 0 Å². The second-order valence-electron chi connectivity index (χ2n) is 24.1. The lowest BCUT2D eigenvalue weighted by molar-refractivity contribution is -0.161. The first-order valence-electron chi connectivity index (χ1n) is 36.5. The highest BCUT2D eigenvalue weighted by molar-refractivity contribution is 7.47. The fourth-order valence-electron chi connectivity index (χ4n) is 9.39. The van der Waals surface area contributed by atoms with E-state index in [1.54, 1.807) is 0 Å². The lowest BCUT2D eigenvalue weighted by atomic mass is 10.1. The van der Waals surface area contributed by atoms with Gasteiger partial charge in [-0.2, -0.15) is 0 Å². The summed E-state index contributed by atoms with van der Waals surface area (Å²) in [5.74, 6) is -2.27. The van der Waals surface area contributed by atoms with Gasteiger partial charge in [0.25, 0.3) is 0 Å². The summed E-state index contributed by atoms with van der Waals surface area (Å²) < 4.78 is 68.2. The lowest BCUT2D eigenvalue weighted by Gasteiger charge is -2.21. The fourth-order valence-corrected chi connectivity index (χ4v) is 11.0. The Balaban J connectivity index is 5.34. The van der Waals surface area contributed by atoms with E-state index in [-0.39, 0.29) is 25.7 Å². The van der Waals surface area contributed by atoms with Crippen molar-refractivity contribution in [2.24, 2.45) is 0 Å². The third kappa shape index (κ3) is 66.6. The summed E-state index contributed by atoms with van der Waals surface area (Å²) in [6.07, 6.45) is 68.6. The van der Waals surface area contributed by atoms with Crippen LogP contribution in [0.2, 0.25) is 0 Å². The van der Waals surface area contributed by atoms with Crippen LogP contribution < -0.4 is 0 Å². The maximum absolute atomic E-state index is 13.0. The zero-order valence-electron chi connectivity index (χ0n) is 58.9. The molecule has 0 aliphatic rings. The fraction of sp³-hybridized carbons (Fsp3) is 0.733. The molecule has 0 spiro atoms. The van der Waals surface area contributed by atoms with Crippen LogP contribution >= 0.6 is 15.6 Å². The molecule has 19 heteroatoms. The van der Waals surface area contributed by atoms with Crippen LogP contribution in [0.25, 0.3) is 0 Å². The molecule has 5 atom stereocenters. The van der Waals surface area contributed by atoms with Crippen molar-refractivity contribution in [2.45, 2.75) is 316 Å². The molecule has 0 aliphatic heterocycles. The number of hydrogen-bond donors (Lipinski definition) is 3. The van der Waals surface area contributed by atoms with Crippen LogP contribution in [-0.2, 0) is 65.4 Å². The van der Waals surface area contributed by atoms with Crippen LogP contribution in [0.4, 0.5) is 0 Å². The maximum Gasteiger partial charge on any atom is 0.472 e. The van der Waals surface area contributed by atoms with E-state index in [0.29, 0.717) is 32.1 Å². The minimum Gasteiger partial charge on any atom is -0.462 e. The number of ether oxygens (including phenoxy) is 4. The van der Waals surface area contributed by atoms with Crippen LogP contribution in [0.1, 0.15) is 297 Å². The molecule has 0 bridgehead atoms. The lowest BCUT2D eigenvalue weighted by Crippen LogP contribution is -2.30. The molecule has 0 saturated carbocycles. The predicted octanol–water partition coefficient (Wildman–Crippen LogP) is 20.4. The van der Waals surface area contributed by atoms with Gasteiger partial charge in [0.1, 0.15) is 19.3 Å². The van der Waals surface area contributed by atoms with E-state index >= 15 is 0 Å². The number of phosphoric acid groups is 2. The first-order valence-corrected chi connectivity index (χ1v) is 39.5. The summed E-state index contributed by atoms with van der Waals surface area (Å²) in [6, 6.07) is 0. The minimum atomic E-state index is -4.98. The topological polar surface area (TPSA) is 237 Å². The number of esters is 4. The molecule has 0 amide bonds. The smallest absolute Gasteiger partial charge is 0.462 e. The van der Waals surface area contributed by atoms with E-state index in [1.165, 1.54) is 64.2 Å². The van der Waals surface area contributed by atoms with Crippen molar-refractivity contribution in [1.29, 1.82) is 0 Å². The standard InChI is InChI=1S/C75H130O17P2/c1-5-9-13-17-21-25-29-31-33-34-36-38-42-44-48-52-56-60-73(78)86-66-71(92-75(80)62-58-54-50-46-40-28-24-20-16-12-8-4)68-90-94(83,84)88-64-69(76)63-87-93(81,82)89-67-70(91-74(79)61-57-53-49-45-39-27-23-19-15-11-7-3)65-85-72(77)59-55-51-47-43-41-37-35-32-30-26-22-18-14-10-6-2/h9,13,19-21,23-25,31-33,35-36,38,44,48,69-71,76H,5-8,10-12,14-18,22,26-30,34,37,39-43,45-47,49-68H2,1-4H3,(H,81,82)(H,83,84)/b13-9-,23-19-,24-20-,25-21-,33-31-,35-32-,38-36-,48-44-. The highest BCUT2D eigenvalue weighted by atomic mass is 31.2. The van der Waals surface area contributed by atoms with Crippen molar-refractivity contribution in [3.05, 3.63) is 97.2 Å². The van der Waals surface area contributed by atoms with Crippen molar-refractivity contribution in [1.82, 2.24) is 0 Å². The second-order valence-corrected chi connectivity index (χ2v) is 27.0. The number of phosphoric ester groups is 2. The molecule has 17 nitrogen and oxygen atoms in total. The molecular formula is C75H130O17P2. The van der Waals surface area contributed by atoms with Gasteiger partial charge >= 0.3 is 39.5 Å². The Bertz CT molecular complexity index is 2170. The normalized spacial score (nSPS) is 14.6. The Labute approximate surface area is 569 Å². The Kier molecular flexibility index (Phi) is 64.7. The van der Waals surface area contributed by atoms with Gasteiger partial charge in [-0.1, -0.05) is 240 Å². The monoisotopic (exact) mass is 1360 g/mol. The molecule has 0 heterocycles. The molecule has 0 aliphatic carbocycles.